The van der Waals surface area contributed by atoms with E-state index >= 15 is 0 Å². The van der Waals surface area contributed by atoms with Crippen LogP contribution in [0.1, 0.15) is 37.5 Å². The average Bonchev–Trinajstić information content (AvgIpc) is 2.97. The van der Waals surface area contributed by atoms with Gasteiger partial charge in [-0.25, -0.2) is 4.99 Å². The van der Waals surface area contributed by atoms with E-state index in [1.165, 1.54) is 28.1 Å². The van der Waals surface area contributed by atoms with Crippen LogP contribution in [-0.4, -0.2) is 69.9 Å². The summed E-state index contributed by atoms with van der Waals surface area (Å²) in [7, 11) is 0. The largest absolute Gasteiger partial charge is 0.369 e. The molecule has 1 aliphatic heterocycles. The molecule has 0 atom stereocenters. The van der Waals surface area contributed by atoms with Crippen molar-refractivity contribution in [1.82, 2.24) is 10.2 Å². The molecule has 7 nitrogen and oxygen atoms in total. The summed E-state index contributed by atoms with van der Waals surface area (Å²) >= 11 is 0. The minimum absolute atomic E-state index is 0.425. The SMILES string of the molecule is C=CNC(=N/CNc1ccc(N2CCN(CC)CC2)cc1)/C(=C\N=C)CN(CC)c1cc(CC)cc(C)c1C. The number of rotatable bonds is 13. The van der Waals surface area contributed by atoms with Crippen molar-refractivity contribution in [2.75, 3.05) is 67.6 Å². The van der Waals surface area contributed by atoms with Crippen LogP contribution in [0.4, 0.5) is 17.1 Å². The number of amidine groups is 1. The average molecular weight is 530 g/mol. The predicted octanol–water partition coefficient (Wildman–Crippen LogP) is 5.62. The molecular formula is C32H47N7. The summed E-state index contributed by atoms with van der Waals surface area (Å²) in [5.74, 6) is 0.731. The van der Waals surface area contributed by atoms with Crippen molar-refractivity contribution in [3.8, 4) is 0 Å². The van der Waals surface area contributed by atoms with E-state index in [0.717, 1.165) is 62.8 Å². The monoisotopic (exact) mass is 529 g/mol. The molecule has 1 saturated heterocycles. The highest BCUT2D eigenvalue weighted by atomic mass is 15.3. The van der Waals surface area contributed by atoms with E-state index in [1.807, 2.05) is 0 Å². The molecule has 39 heavy (non-hydrogen) atoms. The fraction of sp³-hybridized carbons (Fsp3) is 0.438. The van der Waals surface area contributed by atoms with Crippen LogP contribution in [0.5, 0.6) is 0 Å². The lowest BCUT2D eigenvalue weighted by Crippen LogP contribution is -2.46. The zero-order valence-corrected chi connectivity index (χ0v) is 24.6. The van der Waals surface area contributed by atoms with Crippen LogP contribution in [-0.2, 0) is 6.42 Å². The molecule has 2 aromatic carbocycles. The Morgan fingerprint density at radius 2 is 1.77 bits per heavy atom. The lowest BCUT2D eigenvalue weighted by Gasteiger charge is -2.35. The minimum Gasteiger partial charge on any atom is -0.369 e. The zero-order chi connectivity index (χ0) is 28.2. The van der Waals surface area contributed by atoms with E-state index in [9.17, 15) is 0 Å². The van der Waals surface area contributed by atoms with E-state index in [2.05, 4.69) is 115 Å². The summed E-state index contributed by atoms with van der Waals surface area (Å²) in [5, 5.41) is 6.66. The van der Waals surface area contributed by atoms with Gasteiger partial charge in [0.1, 0.15) is 12.5 Å². The fourth-order valence-electron chi connectivity index (χ4n) is 4.97. The Labute approximate surface area is 236 Å². The molecule has 2 aromatic rings. The van der Waals surface area contributed by atoms with E-state index in [4.69, 9.17) is 4.99 Å². The van der Waals surface area contributed by atoms with E-state index in [0.29, 0.717) is 13.2 Å². The lowest BCUT2D eigenvalue weighted by atomic mass is 10.0. The second-order valence-corrected chi connectivity index (χ2v) is 9.92. The van der Waals surface area contributed by atoms with Crippen molar-refractivity contribution in [2.45, 2.75) is 41.0 Å². The van der Waals surface area contributed by atoms with Crippen LogP contribution in [0, 0.1) is 13.8 Å². The molecule has 1 aliphatic rings. The van der Waals surface area contributed by atoms with E-state index in [-0.39, 0.29) is 0 Å². The molecule has 0 amide bonds. The third kappa shape index (κ3) is 8.20. The van der Waals surface area contributed by atoms with Crippen molar-refractivity contribution in [3.63, 3.8) is 0 Å². The summed E-state index contributed by atoms with van der Waals surface area (Å²) in [6.45, 7) is 26.0. The third-order valence-electron chi connectivity index (χ3n) is 7.55. The van der Waals surface area contributed by atoms with Crippen LogP contribution in [0.3, 0.4) is 0 Å². The summed E-state index contributed by atoms with van der Waals surface area (Å²) < 4.78 is 0. The second-order valence-electron chi connectivity index (χ2n) is 9.92. The Hall–Kier alpha value is -3.58. The molecular weight excluding hydrogens is 482 g/mol. The molecule has 0 saturated carbocycles. The number of benzene rings is 2. The van der Waals surface area contributed by atoms with Gasteiger partial charge in [-0.2, -0.15) is 0 Å². The molecule has 0 spiro atoms. The first-order valence-electron chi connectivity index (χ1n) is 14.2. The quantitative estimate of drug-likeness (QED) is 0.261. The molecule has 0 unspecified atom stereocenters. The molecule has 3 rings (SSSR count). The first kappa shape index (κ1) is 30.0. The Kier molecular flexibility index (Phi) is 11.6. The first-order valence-corrected chi connectivity index (χ1v) is 14.2. The van der Waals surface area contributed by atoms with Gasteiger partial charge in [-0.1, -0.05) is 26.5 Å². The standard InChI is InChI=1S/C32H47N7/c1-8-27-20-25(5)26(6)31(21-27)38(11-4)23-28(22-33-7)32(34-9-2)36-24-35-29-12-14-30(15-13-29)39-18-16-37(10-3)17-19-39/h9,12-15,20-22,35H,2,7-8,10-11,16-19,23-24H2,1,3-6H3,(H,34,36)/b28-22-. The minimum atomic E-state index is 0.425. The smallest absolute Gasteiger partial charge is 0.133 e. The van der Waals surface area contributed by atoms with Gasteiger partial charge in [0.15, 0.2) is 0 Å². The lowest BCUT2D eigenvalue weighted by molar-refractivity contribution is 0.271. The second kappa shape index (κ2) is 15.1. The normalized spacial score (nSPS) is 14.7. The summed E-state index contributed by atoms with van der Waals surface area (Å²) in [6.07, 6.45) is 4.46. The molecule has 0 radical (unpaired) electrons. The highest BCUT2D eigenvalue weighted by Gasteiger charge is 2.17. The van der Waals surface area contributed by atoms with Crippen molar-refractivity contribution in [1.29, 1.82) is 0 Å². The molecule has 0 aromatic heterocycles. The van der Waals surface area contributed by atoms with Gasteiger partial charge in [0.05, 0.1) is 0 Å². The van der Waals surface area contributed by atoms with E-state index in [1.54, 1.807) is 12.4 Å². The number of aryl methyl sites for hydroxylation is 2. The molecule has 0 bridgehead atoms. The Bertz CT molecular complexity index is 1140. The van der Waals surface area contributed by atoms with Gasteiger partial charge in [-0.05, 0) is 93.7 Å². The zero-order valence-electron chi connectivity index (χ0n) is 24.6. The van der Waals surface area contributed by atoms with Crippen molar-refractivity contribution < 1.29 is 0 Å². The first-order chi connectivity index (χ1) is 18.9. The Balaban J connectivity index is 1.71. The Morgan fingerprint density at radius 3 is 2.36 bits per heavy atom. The van der Waals surface area contributed by atoms with Gasteiger partial charge in [-0.3, -0.25) is 4.99 Å². The fourth-order valence-corrected chi connectivity index (χ4v) is 4.97. The summed E-state index contributed by atoms with van der Waals surface area (Å²) in [6, 6.07) is 13.2. The number of hydrogen-bond donors (Lipinski definition) is 2. The topological polar surface area (TPSA) is 58.5 Å². The van der Waals surface area contributed by atoms with Gasteiger partial charge in [-0.15, -0.1) is 0 Å². The summed E-state index contributed by atoms with van der Waals surface area (Å²) in [5.41, 5.74) is 8.46. The maximum absolute atomic E-state index is 4.84. The van der Waals surface area contributed by atoms with Gasteiger partial charge in [0.25, 0.3) is 0 Å². The third-order valence-corrected chi connectivity index (χ3v) is 7.55. The molecule has 7 heteroatoms. The maximum Gasteiger partial charge on any atom is 0.133 e. The molecule has 210 valence electrons. The highest BCUT2D eigenvalue weighted by molar-refractivity contribution is 5.99. The van der Waals surface area contributed by atoms with Crippen LogP contribution in [0.15, 0.2) is 70.9 Å². The number of anilines is 3. The van der Waals surface area contributed by atoms with Crippen molar-refractivity contribution in [2.24, 2.45) is 9.98 Å². The van der Waals surface area contributed by atoms with Crippen LogP contribution in [0.25, 0.3) is 0 Å². The molecule has 2 N–H and O–H groups in total. The number of nitrogens with zero attached hydrogens (tertiary/aromatic N) is 5. The maximum atomic E-state index is 4.84. The number of piperazine rings is 1. The predicted molar refractivity (Wildman–Crippen MR) is 171 cm³/mol. The van der Waals surface area contributed by atoms with Gasteiger partial charge in [0, 0.05) is 68.1 Å². The van der Waals surface area contributed by atoms with Gasteiger partial charge >= 0.3 is 0 Å². The highest BCUT2D eigenvalue weighted by Crippen LogP contribution is 2.26. The van der Waals surface area contributed by atoms with Crippen LogP contribution >= 0.6 is 0 Å². The number of aliphatic imine (C=N–C) groups is 2. The number of hydrogen-bond acceptors (Lipinski definition) is 6. The molecule has 1 fully saturated rings. The van der Waals surface area contributed by atoms with Gasteiger partial charge in [0.2, 0.25) is 0 Å². The van der Waals surface area contributed by atoms with Crippen molar-refractivity contribution in [3.05, 3.63) is 77.6 Å². The molecule has 0 aliphatic carbocycles. The van der Waals surface area contributed by atoms with Crippen LogP contribution in [0.2, 0.25) is 0 Å². The van der Waals surface area contributed by atoms with Crippen LogP contribution < -0.4 is 20.4 Å². The number of likely N-dealkylation sites (N-methyl/N-ethyl adjacent to an activating group) is 2. The Morgan fingerprint density at radius 1 is 1.05 bits per heavy atom. The molecule has 1 heterocycles. The van der Waals surface area contributed by atoms with Crippen molar-refractivity contribution >= 4 is 29.6 Å². The summed E-state index contributed by atoms with van der Waals surface area (Å²) in [4.78, 5) is 16.3. The number of nitrogens with one attached hydrogen (secondary N) is 2. The van der Waals surface area contributed by atoms with E-state index < -0.39 is 0 Å². The van der Waals surface area contributed by atoms with Gasteiger partial charge < -0.3 is 25.3 Å².